The average molecular weight is 287 g/mol. The molecule has 2 heterocycles. The zero-order chi connectivity index (χ0) is 14.8. The van der Waals surface area contributed by atoms with E-state index in [9.17, 15) is 4.79 Å². The number of piperazine rings is 1. The second-order valence-corrected chi connectivity index (χ2v) is 6.36. The summed E-state index contributed by atoms with van der Waals surface area (Å²) < 4.78 is 0. The fourth-order valence-corrected chi connectivity index (χ4v) is 3.55. The third-order valence-electron chi connectivity index (χ3n) is 4.89. The molecular formula is C17H25N3O. The molecule has 21 heavy (non-hydrogen) atoms. The molecule has 0 aliphatic carbocycles. The van der Waals surface area contributed by atoms with Crippen LogP contribution >= 0.6 is 0 Å². The van der Waals surface area contributed by atoms with Crippen molar-refractivity contribution in [1.29, 1.82) is 0 Å². The Hall–Kier alpha value is -1.39. The highest BCUT2D eigenvalue weighted by Crippen LogP contribution is 2.29. The van der Waals surface area contributed by atoms with Crippen molar-refractivity contribution in [3.63, 3.8) is 0 Å². The number of rotatable bonds is 2. The van der Waals surface area contributed by atoms with Crippen molar-refractivity contribution in [2.45, 2.75) is 25.4 Å². The van der Waals surface area contributed by atoms with E-state index in [1.165, 1.54) is 5.56 Å². The van der Waals surface area contributed by atoms with E-state index < -0.39 is 0 Å². The molecule has 0 bridgehead atoms. The van der Waals surface area contributed by atoms with Gasteiger partial charge in [0.05, 0.1) is 12.0 Å². The second-order valence-electron chi connectivity index (χ2n) is 6.36. The SMILES string of the molecule is CC1NCCC1C(=O)N1CCN(C)CC1c1ccccc1. The monoisotopic (exact) mass is 287 g/mol. The Morgan fingerprint density at radius 3 is 2.67 bits per heavy atom. The van der Waals surface area contributed by atoms with Gasteiger partial charge in [-0.3, -0.25) is 4.79 Å². The molecule has 2 fully saturated rings. The number of carbonyl (C=O) groups is 1. The van der Waals surface area contributed by atoms with E-state index in [0.29, 0.717) is 11.9 Å². The maximum absolute atomic E-state index is 13.0. The van der Waals surface area contributed by atoms with Gasteiger partial charge in [-0.15, -0.1) is 0 Å². The quantitative estimate of drug-likeness (QED) is 0.895. The predicted molar refractivity (Wildman–Crippen MR) is 84.0 cm³/mol. The van der Waals surface area contributed by atoms with Crippen LogP contribution < -0.4 is 5.32 Å². The lowest BCUT2D eigenvalue weighted by Gasteiger charge is -2.41. The third kappa shape index (κ3) is 2.97. The molecular weight excluding hydrogens is 262 g/mol. The first kappa shape index (κ1) is 14.5. The Morgan fingerprint density at radius 1 is 1.24 bits per heavy atom. The Bertz CT molecular complexity index is 490. The number of amides is 1. The molecule has 1 aromatic rings. The van der Waals surface area contributed by atoms with Gasteiger partial charge in [-0.05, 0) is 32.5 Å². The third-order valence-corrected chi connectivity index (χ3v) is 4.89. The lowest BCUT2D eigenvalue weighted by molar-refractivity contribution is -0.140. The van der Waals surface area contributed by atoms with Crippen LogP contribution in [0.4, 0.5) is 0 Å². The van der Waals surface area contributed by atoms with Crippen LogP contribution in [0, 0.1) is 5.92 Å². The van der Waals surface area contributed by atoms with Crippen LogP contribution in [0.1, 0.15) is 24.9 Å². The molecule has 3 rings (SSSR count). The number of nitrogens with one attached hydrogen (secondary N) is 1. The molecule has 0 spiro atoms. The first-order valence-electron chi connectivity index (χ1n) is 7.94. The van der Waals surface area contributed by atoms with Crippen molar-refractivity contribution in [2.24, 2.45) is 5.92 Å². The largest absolute Gasteiger partial charge is 0.333 e. The first-order valence-corrected chi connectivity index (χ1v) is 7.94. The topological polar surface area (TPSA) is 35.6 Å². The van der Waals surface area contributed by atoms with Gasteiger partial charge in [0.15, 0.2) is 0 Å². The number of carbonyl (C=O) groups excluding carboxylic acids is 1. The van der Waals surface area contributed by atoms with E-state index in [0.717, 1.165) is 32.6 Å². The van der Waals surface area contributed by atoms with E-state index in [-0.39, 0.29) is 12.0 Å². The van der Waals surface area contributed by atoms with E-state index >= 15 is 0 Å². The zero-order valence-corrected chi connectivity index (χ0v) is 13.0. The summed E-state index contributed by atoms with van der Waals surface area (Å²) in [7, 11) is 2.14. The summed E-state index contributed by atoms with van der Waals surface area (Å²) in [6.07, 6.45) is 0.966. The summed E-state index contributed by atoms with van der Waals surface area (Å²) in [5, 5.41) is 3.40. The van der Waals surface area contributed by atoms with Crippen molar-refractivity contribution in [3.8, 4) is 0 Å². The van der Waals surface area contributed by atoms with E-state index in [2.05, 4.69) is 53.4 Å². The smallest absolute Gasteiger partial charge is 0.227 e. The van der Waals surface area contributed by atoms with Crippen LogP contribution in [0.5, 0.6) is 0 Å². The minimum Gasteiger partial charge on any atom is -0.333 e. The Labute approximate surface area is 127 Å². The standard InChI is InChI=1S/C17H25N3O/c1-13-15(8-9-18-13)17(21)20-11-10-19(2)12-16(20)14-6-4-3-5-7-14/h3-7,13,15-16,18H,8-12H2,1-2H3. The number of likely N-dealkylation sites (N-methyl/N-ethyl adjacent to an activating group) is 1. The molecule has 3 unspecified atom stereocenters. The zero-order valence-electron chi connectivity index (χ0n) is 13.0. The molecule has 1 amide bonds. The summed E-state index contributed by atoms with van der Waals surface area (Å²) in [4.78, 5) is 17.4. The molecule has 0 aromatic heterocycles. The molecule has 2 aliphatic heterocycles. The van der Waals surface area contributed by atoms with Gasteiger partial charge in [-0.2, -0.15) is 0 Å². The van der Waals surface area contributed by atoms with E-state index in [1.807, 2.05) is 6.07 Å². The Morgan fingerprint density at radius 2 is 2.00 bits per heavy atom. The lowest BCUT2D eigenvalue weighted by Crippen LogP contribution is -2.52. The molecule has 114 valence electrons. The van der Waals surface area contributed by atoms with Gasteiger partial charge >= 0.3 is 0 Å². The number of hydrogen-bond acceptors (Lipinski definition) is 3. The summed E-state index contributed by atoms with van der Waals surface area (Å²) >= 11 is 0. The van der Waals surface area contributed by atoms with Crippen LogP contribution in [-0.4, -0.2) is 55.0 Å². The highest BCUT2D eigenvalue weighted by molar-refractivity contribution is 5.80. The molecule has 4 heteroatoms. The van der Waals surface area contributed by atoms with Crippen molar-refractivity contribution < 1.29 is 4.79 Å². The summed E-state index contributed by atoms with van der Waals surface area (Å²) in [5.41, 5.74) is 1.25. The van der Waals surface area contributed by atoms with Crippen molar-refractivity contribution in [2.75, 3.05) is 33.2 Å². The van der Waals surface area contributed by atoms with Crippen LogP contribution in [0.25, 0.3) is 0 Å². The van der Waals surface area contributed by atoms with Gasteiger partial charge in [0, 0.05) is 25.7 Å². The predicted octanol–water partition coefficient (Wildman–Crippen LogP) is 1.50. The number of benzene rings is 1. The van der Waals surface area contributed by atoms with Gasteiger partial charge in [-0.1, -0.05) is 30.3 Å². The fraction of sp³-hybridized carbons (Fsp3) is 0.588. The highest BCUT2D eigenvalue weighted by atomic mass is 16.2. The maximum Gasteiger partial charge on any atom is 0.227 e. The van der Waals surface area contributed by atoms with Gasteiger partial charge in [0.2, 0.25) is 5.91 Å². The Balaban J connectivity index is 1.82. The number of nitrogens with zero attached hydrogens (tertiary/aromatic N) is 2. The molecule has 3 atom stereocenters. The molecule has 1 N–H and O–H groups in total. The van der Waals surface area contributed by atoms with Crippen molar-refractivity contribution in [3.05, 3.63) is 35.9 Å². The van der Waals surface area contributed by atoms with Crippen LogP contribution in [0.15, 0.2) is 30.3 Å². The highest BCUT2D eigenvalue weighted by Gasteiger charge is 2.37. The van der Waals surface area contributed by atoms with Gasteiger partial charge in [0.25, 0.3) is 0 Å². The van der Waals surface area contributed by atoms with Gasteiger partial charge in [0.1, 0.15) is 0 Å². The second kappa shape index (κ2) is 6.16. The van der Waals surface area contributed by atoms with Crippen LogP contribution in [-0.2, 0) is 4.79 Å². The van der Waals surface area contributed by atoms with E-state index in [1.54, 1.807) is 0 Å². The maximum atomic E-state index is 13.0. The van der Waals surface area contributed by atoms with Crippen LogP contribution in [0.2, 0.25) is 0 Å². The first-order chi connectivity index (χ1) is 10.2. The Kier molecular flexibility index (Phi) is 4.27. The van der Waals surface area contributed by atoms with Gasteiger partial charge < -0.3 is 15.1 Å². The summed E-state index contributed by atoms with van der Waals surface area (Å²) in [6, 6.07) is 10.9. The summed E-state index contributed by atoms with van der Waals surface area (Å²) in [5.74, 6) is 0.467. The molecule has 4 nitrogen and oxygen atoms in total. The lowest BCUT2D eigenvalue weighted by atomic mass is 9.96. The van der Waals surface area contributed by atoms with Gasteiger partial charge in [-0.25, -0.2) is 0 Å². The van der Waals surface area contributed by atoms with E-state index in [4.69, 9.17) is 0 Å². The average Bonchev–Trinajstić information content (AvgIpc) is 2.93. The molecule has 0 radical (unpaired) electrons. The molecule has 2 aliphatic rings. The minimum atomic E-state index is 0.139. The minimum absolute atomic E-state index is 0.139. The van der Waals surface area contributed by atoms with Crippen molar-refractivity contribution in [1.82, 2.24) is 15.1 Å². The molecule has 2 saturated heterocycles. The van der Waals surface area contributed by atoms with Crippen molar-refractivity contribution >= 4 is 5.91 Å². The fourth-order valence-electron chi connectivity index (χ4n) is 3.55. The summed E-state index contributed by atoms with van der Waals surface area (Å²) in [6.45, 7) is 5.80. The molecule has 1 aromatic carbocycles. The number of hydrogen-bond donors (Lipinski definition) is 1. The van der Waals surface area contributed by atoms with Crippen LogP contribution in [0.3, 0.4) is 0 Å². The molecule has 0 saturated carbocycles. The normalized spacial score (nSPS) is 30.6.